The lowest BCUT2D eigenvalue weighted by Gasteiger charge is -2.18. The average molecular weight is 526 g/mol. The predicted octanol–water partition coefficient (Wildman–Crippen LogP) is 2.16. The van der Waals surface area contributed by atoms with Crippen molar-refractivity contribution in [1.82, 2.24) is 20.6 Å². The fraction of sp³-hybridized carbons (Fsp3) is 0.240. The zero-order valence-electron chi connectivity index (χ0n) is 20.2. The monoisotopic (exact) mass is 525 g/mol. The standard InChI is InChI=1S/C25H24FN5O5S/c1-14-21(23(34)31-18(24(35)36-3)13-28-22(33)20-7-5-11-37-20)15(2)30-25(29-14)27-10-4-6-16-8-9-17(26)19(32)12-16/h5,7-9,11-12,18,32H,10,13H2,1-3H3,(H,28,33)(H,31,34)(H,27,29,30). The number of phenolic OH excluding ortho intramolecular Hbond substituents is 1. The Bertz CT molecular complexity index is 1340. The van der Waals surface area contributed by atoms with Crippen LogP contribution in [0.4, 0.5) is 10.3 Å². The minimum Gasteiger partial charge on any atom is -0.505 e. The first-order valence-electron chi connectivity index (χ1n) is 11.0. The van der Waals surface area contributed by atoms with Crippen LogP contribution < -0.4 is 16.0 Å². The summed E-state index contributed by atoms with van der Waals surface area (Å²) in [6, 6.07) is 6.02. The number of methoxy groups -OCH3 is 1. The number of phenols is 1. The number of ether oxygens (including phenoxy) is 1. The molecule has 3 aromatic rings. The molecule has 1 unspecified atom stereocenters. The summed E-state index contributed by atoms with van der Waals surface area (Å²) in [4.78, 5) is 46.4. The Kier molecular flexibility index (Phi) is 9.12. The first-order chi connectivity index (χ1) is 17.7. The van der Waals surface area contributed by atoms with E-state index in [0.29, 0.717) is 21.8 Å². The van der Waals surface area contributed by atoms with E-state index in [2.05, 4.69) is 37.8 Å². The lowest BCUT2D eigenvalue weighted by molar-refractivity contribution is -0.142. The Balaban J connectivity index is 1.64. The highest BCUT2D eigenvalue weighted by Crippen LogP contribution is 2.16. The third-order valence-corrected chi connectivity index (χ3v) is 5.88. The van der Waals surface area contributed by atoms with Crippen LogP contribution in [0.1, 0.15) is 37.0 Å². The number of nitrogens with zero attached hydrogens (tertiary/aromatic N) is 2. The molecule has 0 saturated carbocycles. The van der Waals surface area contributed by atoms with Crippen LogP contribution in [0.5, 0.6) is 5.75 Å². The van der Waals surface area contributed by atoms with Crippen molar-refractivity contribution in [3.05, 3.63) is 68.9 Å². The van der Waals surface area contributed by atoms with E-state index >= 15 is 0 Å². The van der Waals surface area contributed by atoms with Crippen LogP contribution in [0.15, 0.2) is 35.7 Å². The number of benzene rings is 1. The number of nitrogens with one attached hydrogen (secondary N) is 3. The van der Waals surface area contributed by atoms with E-state index in [1.165, 1.54) is 30.6 Å². The molecule has 0 saturated heterocycles. The van der Waals surface area contributed by atoms with Gasteiger partial charge in [-0.15, -0.1) is 11.3 Å². The van der Waals surface area contributed by atoms with E-state index in [1.54, 1.807) is 31.4 Å². The third-order valence-electron chi connectivity index (χ3n) is 5.01. The van der Waals surface area contributed by atoms with Gasteiger partial charge < -0.3 is 25.8 Å². The van der Waals surface area contributed by atoms with Gasteiger partial charge in [-0.25, -0.2) is 19.2 Å². The van der Waals surface area contributed by atoms with Gasteiger partial charge in [0.05, 0.1) is 35.5 Å². The van der Waals surface area contributed by atoms with E-state index in [0.717, 1.165) is 6.07 Å². The first kappa shape index (κ1) is 27.1. The number of aryl methyl sites for hydroxylation is 2. The number of aromatic hydroxyl groups is 1. The molecule has 0 bridgehead atoms. The second-order valence-corrected chi connectivity index (χ2v) is 8.60. The molecule has 1 atom stereocenters. The molecule has 4 N–H and O–H groups in total. The Morgan fingerprint density at radius 3 is 2.51 bits per heavy atom. The molecule has 192 valence electrons. The van der Waals surface area contributed by atoms with Gasteiger partial charge in [0.2, 0.25) is 5.95 Å². The number of thiophene rings is 1. The number of carbonyl (C=O) groups excluding carboxylic acids is 3. The quantitative estimate of drug-likeness (QED) is 0.259. The molecule has 0 aliphatic rings. The number of carbonyl (C=O) groups is 3. The van der Waals surface area contributed by atoms with Gasteiger partial charge in [-0.1, -0.05) is 17.9 Å². The summed E-state index contributed by atoms with van der Waals surface area (Å²) in [6.45, 7) is 3.22. The molecule has 0 radical (unpaired) electrons. The smallest absolute Gasteiger partial charge is 0.330 e. The number of hydrogen-bond acceptors (Lipinski definition) is 9. The second-order valence-electron chi connectivity index (χ2n) is 7.65. The van der Waals surface area contributed by atoms with Crippen molar-refractivity contribution in [3.8, 4) is 17.6 Å². The zero-order chi connectivity index (χ0) is 26.9. The molecule has 2 amide bonds. The number of halogens is 1. The van der Waals surface area contributed by atoms with Crippen molar-refractivity contribution in [2.24, 2.45) is 0 Å². The maximum absolute atomic E-state index is 13.1. The molecule has 2 heterocycles. The molecule has 37 heavy (non-hydrogen) atoms. The van der Waals surface area contributed by atoms with Crippen molar-refractivity contribution in [1.29, 1.82) is 0 Å². The molecule has 12 heteroatoms. The lowest BCUT2D eigenvalue weighted by atomic mass is 10.1. The van der Waals surface area contributed by atoms with Crippen LogP contribution in [0.3, 0.4) is 0 Å². The van der Waals surface area contributed by atoms with Crippen LogP contribution in [0.25, 0.3) is 0 Å². The van der Waals surface area contributed by atoms with Crippen molar-refractivity contribution < 1.29 is 28.6 Å². The van der Waals surface area contributed by atoms with Gasteiger partial charge in [-0.2, -0.15) is 0 Å². The number of hydrogen-bond donors (Lipinski definition) is 4. The number of anilines is 1. The third kappa shape index (κ3) is 7.25. The predicted molar refractivity (Wildman–Crippen MR) is 135 cm³/mol. The van der Waals surface area contributed by atoms with Gasteiger partial charge in [0, 0.05) is 12.1 Å². The average Bonchev–Trinajstić information content (AvgIpc) is 3.40. The van der Waals surface area contributed by atoms with E-state index in [1.807, 2.05) is 0 Å². The summed E-state index contributed by atoms with van der Waals surface area (Å²) >= 11 is 1.25. The van der Waals surface area contributed by atoms with Crippen LogP contribution in [-0.2, 0) is 9.53 Å². The maximum atomic E-state index is 13.1. The maximum Gasteiger partial charge on any atom is 0.330 e. The van der Waals surface area contributed by atoms with Gasteiger partial charge in [0.1, 0.15) is 6.04 Å². The van der Waals surface area contributed by atoms with Crippen LogP contribution in [0.2, 0.25) is 0 Å². The summed E-state index contributed by atoms with van der Waals surface area (Å²) in [5.74, 6) is 2.92. The highest BCUT2D eigenvalue weighted by Gasteiger charge is 2.25. The number of esters is 1. The Labute approximate surface area is 216 Å². The highest BCUT2D eigenvalue weighted by molar-refractivity contribution is 7.12. The molecule has 10 nitrogen and oxygen atoms in total. The fourth-order valence-electron chi connectivity index (χ4n) is 3.24. The molecular weight excluding hydrogens is 501 g/mol. The molecule has 1 aromatic carbocycles. The van der Waals surface area contributed by atoms with Crippen LogP contribution >= 0.6 is 11.3 Å². The summed E-state index contributed by atoms with van der Waals surface area (Å²) in [5.41, 5.74) is 1.33. The SMILES string of the molecule is COC(=O)C(CNC(=O)c1cccs1)NC(=O)c1c(C)nc(NCC#Cc2ccc(F)c(O)c2)nc1C. The molecule has 3 rings (SSSR count). The Morgan fingerprint density at radius 2 is 1.89 bits per heavy atom. The van der Waals surface area contributed by atoms with E-state index < -0.39 is 29.5 Å². The van der Waals surface area contributed by atoms with Crippen molar-refractivity contribution in [2.45, 2.75) is 19.9 Å². The Hall–Kier alpha value is -4.50. The minimum absolute atomic E-state index is 0.150. The topological polar surface area (TPSA) is 143 Å². The van der Waals surface area contributed by atoms with Gasteiger partial charge >= 0.3 is 5.97 Å². The molecular formula is C25H24FN5O5S. The van der Waals surface area contributed by atoms with E-state index in [-0.39, 0.29) is 30.5 Å². The van der Waals surface area contributed by atoms with E-state index in [9.17, 15) is 23.9 Å². The van der Waals surface area contributed by atoms with Gasteiger partial charge in [0.25, 0.3) is 11.8 Å². The number of aromatic nitrogens is 2. The molecule has 0 fully saturated rings. The normalized spacial score (nSPS) is 11.0. The van der Waals surface area contributed by atoms with Crippen molar-refractivity contribution >= 4 is 35.1 Å². The van der Waals surface area contributed by atoms with Crippen molar-refractivity contribution in [3.63, 3.8) is 0 Å². The fourth-order valence-corrected chi connectivity index (χ4v) is 3.88. The van der Waals surface area contributed by atoms with Gasteiger partial charge in [0.15, 0.2) is 11.6 Å². The number of rotatable bonds is 8. The van der Waals surface area contributed by atoms with Crippen LogP contribution in [-0.4, -0.2) is 59.1 Å². The highest BCUT2D eigenvalue weighted by atomic mass is 32.1. The number of amides is 2. The lowest BCUT2D eigenvalue weighted by Crippen LogP contribution is -2.49. The minimum atomic E-state index is -1.13. The summed E-state index contributed by atoms with van der Waals surface area (Å²) in [6.07, 6.45) is 0. The van der Waals surface area contributed by atoms with Crippen molar-refractivity contribution in [2.75, 3.05) is 25.5 Å². The zero-order valence-corrected chi connectivity index (χ0v) is 21.0. The largest absolute Gasteiger partial charge is 0.505 e. The van der Waals surface area contributed by atoms with Crippen LogP contribution in [0, 0.1) is 31.5 Å². The van der Waals surface area contributed by atoms with Gasteiger partial charge in [-0.05, 0) is 43.5 Å². The van der Waals surface area contributed by atoms with Gasteiger partial charge in [-0.3, -0.25) is 9.59 Å². The molecule has 0 spiro atoms. The Morgan fingerprint density at radius 1 is 1.16 bits per heavy atom. The second kappa shape index (κ2) is 12.5. The molecule has 0 aliphatic carbocycles. The summed E-state index contributed by atoms with van der Waals surface area (Å²) < 4.78 is 17.9. The molecule has 2 aromatic heterocycles. The summed E-state index contributed by atoms with van der Waals surface area (Å²) in [5, 5.41) is 19.3. The molecule has 0 aliphatic heterocycles. The summed E-state index contributed by atoms with van der Waals surface area (Å²) in [7, 11) is 1.18. The van der Waals surface area contributed by atoms with E-state index in [4.69, 9.17) is 4.74 Å². The first-order valence-corrected chi connectivity index (χ1v) is 11.8.